The van der Waals surface area contributed by atoms with Crippen molar-refractivity contribution < 1.29 is 9.90 Å². The highest BCUT2D eigenvalue weighted by Gasteiger charge is 2.29. The van der Waals surface area contributed by atoms with Crippen LogP contribution in [0, 0.1) is 23.2 Å². The molecule has 1 fully saturated rings. The van der Waals surface area contributed by atoms with E-state index in [9.17, 15) is 9.90 Å². The van der Waals surface area contributed by atoms with Gasteiger partial charge in [-0.25, -0.2) is 0 Å². The van der Waals surface area contributed by atoms with Crippen LogP contribution in [-0.4, -0.2) is 35.1 Å². The Kier molecular flexibility index (Phi) is 4.10. The van der Waals surface area contributed by atoms with Crippen molar-refractivity contribution in [2.45, 2.75) is 32.8 Å². The second-order valence-corrected chi connectivity index (χ2v) is 4.41. The van der Waals surface area contributed by atoms with Gasteiger partial charge in [-0.15, -0.1) is 0 Å². The Bertz CT molecular complexity index is 262. The minimum absolute atomic E-state index is 0.0503. The van der Waals surface area contributed by atoms with Crippen molar-refractivity contribution >= 4 is 5.91 Å². The lowest BCUT2D eigenvalue weighted by atomic mass is 9.95. The van der Waals surface area contributed by atoms with Gasteiger partial charge in [0.05, 0.1) is 12.2 Å². The van der Waals surface area contributed by atoms with Crippen LogP contribution in [0.3, 0.4) is 0 Å². The molecule has 1 aliphatic heterocycles. The smallest absolute Gasteiger partial charge is 0.240 e. The molecular formula is C11H18N2O2. The fraction of sp³-hybridized carbons (Fsp3) is 0.818. The molecule has 1 aliphatic rings. The maximum Gasteiger partial charge on any atom is 0.240 e. The topological polar surface area (TPSA) is 64.3 Å². The van der Waals surface area contributed by atoms with E-state index in [0.29, 0.717) is 25.9 Å². The van der Waals surface area contributed by atoms with Gasteiger partial charge < -0.3 is 10.0 Å². The van der Waals surface area contributed by atoms with Crippen LogP contribution in [0.25, 0.3) is 0 Å². The first-order valence-corrected chi connectivity index (χ1v) is 5.42. The summed E-state index contributed by atoms with van der Waals surface area (Å²) in [7, 11) is 0. The molecule has 0 aromatic heterocycles. The van der Waals surface area contributed by atoms with Gasteiger partial charge in [-0.05, 0) is 18.8 Å². The molecule has 15 heavy (non-hydrogen) atoms. The zero-order valence-electron chi connectivity index (χ0n) is 9.31. The molecule has 1 atom stereocenters. The molecule has 1 saturated heterocycles. The molecule has 1 heterocycles. The third kappa shape index (κ3) is 2.93. The molecule has 0 bridgehead atoms. The number of carbonyl (C=O) groups is 1. The van der Waals surface area contributed by atoms with Crippen LogP contribution >= 0.6 is 0 Å². The molecule has 1 unspecified atom stereocenters. The second kappa shape index (κ2) is 5.13. The summed E-state index contributed by atoms with van der Waals surface area (Å²) >= 11 is 0. The van der Waals surface area contributed by atoms with Crippen LogP contribution in [0.15, 0.2) is 0 Å². The van der Waals surface area contributed by atoms with Gasteiger partial charge in [-0.2, -0.15) is 5.26 Å². The fourth-order valence-corrected chi connectivity index (χ4v) is 1.77. The highest BCUT2D eigenvalue weighted by molar-refractivity contribution is 5.81. The van der Waals surface area contributed by atoms with Crippen LogP contribution < -0.4 is 0 Å². The second-order valence-electron chi connectivity index (χ2n) is 4.41. The predicted molar refractivity (Wildman–Crippen MR) is 55.8 cm³/mol. The van der Waals surface area contributed by atoms with Gasteiger partial charge in [0.15, 0.2) is 0 Å². The Morgan fingerprint density at radius 3 is 2.40 bits per heavy atom. The molecule has 0 aliphatic carbocycles. The molecule has 0 aromatic rings. The van der Waals surface area contributed by atoms with Gasteiger partial charge in [-0.3, -0.25) is 4.79 Å². The molecule has 1 amide bonds. The Labute approximate surface area is 90.5 Å². The number of nitriles is 1. The van der Waals surface area contributed by atoms with Crippen molar-refractivity contribution in [3.8, 4) is 6.07 Å². The van der Waals surface area contributed by atoms with E-state index in [-0.39, 0.29) is 17.9 Å². The highest BCUT2D eigenvalue weighted by Crippen LogP contribution is 2.17. The van der Waals surface area contributed by atoms with E-state index in [4.69, 9.17) is 5.26 Å². The van der Waals surface area contributed by atoms with Crippen LogP contribution in [-0.2, 0) is 4.79 Å². The van der Waals surface area contributed by atoms with Crippen LogP contribution in [0.1, 0.15) is 26.7 Å². The summed E-state index contributed by atoms with van der Waals surface area (Å²) in [6.07, 6.45) is 0.970. The zero-order valence-corrected chi connectivity index (χ0v) is 9.31. The summed E-state index contributed by atoms with van der Waals surface area (Å²) in [6.45, 7) is 4.91. The SMILES string of the molecule is CC(C)C(C#N)C(=O)N1CCC(O)CC1. The van der Waals surface area contributed by atoms with Crippen LogP contribution in [0.4, 0.5) is 0 Å². The largest absolute Gasteiger partial charge is 0.393 e. The fourth-order valence-electron chi connectivity index (χ4n) is 1.77. The monoisotopic (exact) mass is 210 g/mol. The molecule has 84 valence electrons. The van der Waals surface area contributed by atoms with Gasteiger partial charge in [0.2, 0.25) is 5.91 Å². The van der Waals surface area contributed by atoms with Crippen molar-refractivity contribution in [3.05, 3.63) is 0 Å². The van der Waals surface area contributed by atoms with Gasteiger partial charge in [0, 0.05) is 13.1 Å². The first kappa shape index (κ1) is 12.0. The number of likely N-dealkylation sites (tertiary alicyclic amines) is 1. The Hall–Kier alpha value is -1.08. The maximum atomic E-state index is 11.9. The van der Waals surface area contributed by atoms with Crippen molar-refractivity contribution in [1.82, 2.24) is 4.90 Å². The van der Waals surface area contributed by atoms with Crippen molar-refractivity contribution in [1.29, 1.82) is 5.26 Å². The number of amides is 1. The van der Waals surface area contributed by atoms with Crippen LogP contribution in [0.5, 0.6) is 0 Å². The summed E-state index contributed by atoms with van der Waals surface area (Å²) in [4.78, 5) is 13.6. The molecule has 4 nitrogen and oxygen atoms in total. The lowest BCUT2D eigenvalue weighted by Gasteiger charge is -2.31. The van der Waals surface area contributed by atoms with E-state index in [1.54, 1.807) is 4.90 Å². The number of rotatable bonds is 2. The minimum atomic E-state index is -0.541. The number of carbonyl (C=O) groups excluding carboxylic acids is 1. The van der Waals surface area contributed by atoms with Crippen molar-refractivity contribution in [2.75, 3.05) is 13.1 Å². The normalized spacial score (nSPS) is 20.1. The van der Waals surface area contributed by atoms with Crippen molar-refractivity contribution in [3.63, 3.8) is 0 Å². The molecule has 0 aromatic carbocycles. The highest BCUT2D eigenvalue weighted by atomic mass is 16.3. The summed E-state index contributed by atoms with van der Waals surface area (Å²) < 4.78 is 0. The summed E-state index contributed by atoms with van der Waals surface area (Å²) in [5.41, 5.74) is 0. The third-order valence-electron chi connectivity index (χ3n) is 2.85. The van der Waals surface area contributed by atoms with Gasteiger partial charge in [0.25, 0.3) is 0 Å². The number of nitrogens with zero attached hydrogens (tertiary/aromatic N) is 2. The predicted octanol–water partition coefficient (Wildman–Crippen LogP) is 0.765. The quantitative estimate of drug-likeness (QED) is 0.732. The number of aliphatic hydroxyl groups excluding tert-OH is 1. The van der Waals surface area contributed by atoms with E-state index in [1.807, 2.05) is 13.8 Å². The average Bonchev–Trinajstić information content (AvgIpc) is 2.19. The number of aliphatic hydroxyl groups is 1. The molecular weight excluding hydrogens is 192 g/mol. The maximum absolute atomic E-state index is 11.9. The number of piperidine rings is 1. The molecule has 0 radical (unpaired) electrons. The minimum Gasteiger partial charge on any atom is -0.393 e. The van der Waals surface area contributed by atoms with E-state index in [0.717, 1.165) is 0 Å². The Morgan fingerprint density at radius 1 is 1.47 bits per heavy atom. The summed E-state index contributed by atoms with van der Waals surface area (Å²) in [6, 6.07) is 2.06. The van der Waals surface area contributed by atoms with E-state index < -0.39 is 5.92 Å². The number of hydrogen-bond acceptors (Lipinski definition) is 3. The summed E-state index contributed by atoms with van der Waals surface area (Å²) in [5.74, 6) is -0.575. The molecule has 1 rings (SSSR count). The lowest BCUT2D eigenvalue weighted by molar-refractivity contribution is -0.136. The van der Waals surface area contributed by atoms with Gasteiger partial charge in [0.1, 0.15) is 5.92 Å². The van der Waals surface area contributed by atoms with Gasteiger partial charge in [-0.1, -0.05) is 13.8 Å². The lowest BCUT2D eigenvalue weighted by Crippen LogP contribution is -2.43. The van der Waals surface area contributed by atoms with Gasteiger partial charge >= 0.3 is 0 Å². The molecule has 1 N–H and O–H groups in total. The number of hydrogen-bond donors (Lipinski definition) is 1. The zero-order chi connectivity index (χ0) is 11.4. The molecule has 4 heteroatoms. The first-order valence-electron chi connectivity index (χ1n) is 5.42. The molecule has 0 spiro atoms. The summed E-state index contributed by atoms with van der Waals surface area (Å²) in [5, 5.41) is 18.2. The van der Waals surface area contributed by atoms with Crippen molar-refractivity contribution in [2.24, 2.45) is 11.8 Å². The Morgan fingerprint density at radius 2 is 2.00 bits per heavy atom. The molecule has 0 saturated carbocycles. The third-order valence-corrected chi connectivity index (χ3v) is 2.85. The van der Waals surface area contributed by atoms with Crippen LogP contribution in [0.2, 0.25) is 0 Å². The first-order chi connectivity index (χ1) is 7.06. The standard InChI is InChI=1S/C11H18N2O2/c1-8(2)10(7-12)11(15)13-5-3-9(14)4-6-13/h8-10,14H,3-6H2,1-2H3. The average molecular weight is 210 g/mol. The van der Waals surface area contributed by atoms with E-state index in [1.165, 1.54) is 0 Å². The van der Waals surface area contributed by atoms with E-state index in [2.05, 4.69) is 6.07 Å². The Balaban J connectivity index is 2.57. The van der Waals surface area contributed by atoms with E-state index >= 15 is 0 Å².